The number of aliphatic hydroxyl groups is 1. The van der Waals surface area contributed by atoms with Gasteiger partial charge in [0.1, 0.15) is 5.75 Å². The molecule has 1 aromatic rings. The first-order chi connectivity index (χ1) is 20.5. The minimum absolute atomic E-state index is 0.00952. The smallest absolute Gasteiger partial charge is 0.417 e. The molecule has 11 nitrogen and oxygen atoms in total. The van der Waals surface area contributed by atoms with Crippen LogP contribution in [0.25, 0.3) is 0 Å². The third-order valence-electron chi connectivity index (χ3n) is 7.63. The molecule has 2 heterocycles. The highest BCUT2D eigenvalue weighted by Gasteiger charge is 2.47. The summed E-state index contributed by atoms with van der Waals surface area (Å²) in [5.41, 5.74) is -4.59. The van der Waals surface area contributed by atoms with E-state index in [1.54, 1.807) is 20.8 Å². The number of ether oxygens (including phenoxy) is 2. The average Bonchev–Trinajstić information content (AvgIpc) is 2.93. The van der Waals surface area contributed by atoms with Crippen LogP contribution in [0.4, 0.5) is 23.7 Å². The highest BCUT2D eigenvalue weighted by Crippen LogP contribution is 2.45. The number of nitrogens with one attached hydrogen (secondary N) is 1. The van der Waals surface area contributed by atoms with E-state index >= 15 is 0 Å². The summed E-state index contributed by atoms with van der Waals surface area (Å²) in [5.74, 6) is -2.15. The molecular formula is C29H40ClF3N4O7. The normalized spacial score (nSPS) is 21.0. The Balaban J connectivity index is 2.09. The van der Waals surface area contributed by atoms with Gasteiger partial charge in [-0.2, -0.15) is 13.2 Å². The van der Waals surface area contributed by atoms with Crippen LogP contribution in [0, 0.1) is 0 Å². The quantitative estimate of drug-likeness (QED) is 0.365. The lowest BCUT2D eigenvalue weighted by Gasteiger charge is -2.42. The molecule has 44 heavy (non-hydrogen) atoms. The maximum Gasteiger partial charge on any atom is 0.417 e. The molecule has 2 aliphatic rings. The second-order valence-electron chi connectivity index (χ2n) is 11.3. The van der Waals surface area contributed by atoms with E-state index in [2.05, 4.69) is 5.32 Å². The van der Waals surface area contributed by atoms with E-state index in [4.69, 9.17) is 21.1 Å². The number of carbonyl (C=O) groups is 4. The lowest BCUT2D eigenvalue weighted by Crippen LogP contribution is -2.56. The van der Waals surface area contributed by atoms with E-state index in [-0.39, 0.29) is 49.8 Å². The number of alkyl halides is 4. The van der Waals surface area contributed by atoms with E-state index in [0.29, 0.717) is 25.5 Å². The Morgan fingerprint density at radius 2 is 1.95 bits per heavy atom. The van der Waals surface area contributed by atoms with E-state index in [1.807, 2.05) is 0 Å². The number of hydrogen-bond acceptors (Lipinski definition) is 7. The fraction of sp³-hybridized carbons (Fsp3) is 0.655. The van der Waals surface area contributed by atoms with E-state index in [0.717, 1.165) is 6.07 Å². The van der Waals surface area contributed by atoms with Gasteiger partial charge in [-0.05, 0) is 52.7 Å². The monoisotopic (exact) mass is 648 g/mol. The Morgan fingerprint density at radius 1 is 1.27 bits per heavy atom. The maximum atomic E-state index is 14.5. The van der Waals surface area contributed by atoms with Gasteiger partial charge in [-0.1, -0.05) is 18.5 Å². The van der Waals surface area contributed by atoms with Gasteiger partial charge in [-0.25, -0.2) is 4.79 Å². The molecule has 0 radical (unpaired) electrons. The average molecular weight is 649 g/mol. The summed E-state index contributed by atoms with van der Waals surface area (Å²) in [6, 6.07) is 0.516. The van der Waals surface area contributed by atoms with Crippen molar-refractivity contribution in [3.8, 4) is 5.75 Å². The standard InChI is InChI=1S/C29H40ClF3N4O7/c1-6-24(39)34-10-12-36-22-14-20(21(29(31,32)33)15-23(22)44-28(5,9-13-38)26(36)41)25(40)37(17(2)3)19-8-7-11-35(16-19)27(42)43-18(4)30/h14-15,17-19,38H,6-13,16H2,1-5H3,(H,34,39)/t18?,19-,28+/m1/s1. The highest BCUT2D eigenvalue weighted by atomic mass is 35.5. The first-order valence-electron chi connectivity index (χ1n) is 14.6. The van der Waals surface area contributed by atoms with Gasteiger partial charge in [0.2, 0.25) is 5.91 Å². The molecule has 2 aliphatic heterocycles. The van der Waals surface area contributed by atoms with Crippen molar-refractivity contribution in [3.05, 3.63) is 23.3 Å². The van der Waals surface area contributed by atoms with E-state index < -0.39 is 65.1 Å². The van der Waals surface area contributed by atoms with Crippen LogP contribution in [0.15, 0.2) is 12.1 Å². The minimum Gasteiger partial charge on any atom is -0.475 e. The zero-order valence-corrected chi connectivity index (χ0v) is 26.3. The Kier molecular flexibility index (Phi) is 11.4. The molecule has 1 unspecified atom stereocenters. The second kappa shape index (κ2) is 14.2. The van der Waals surface area contributed by atoms with Crippen LogP contribution in [-0.2, 0) is 20.5 Å². The van der Waals surface area contributed by atoms with Gasteiger partial charge < -0.3 is 34.6 Å². The SMILES string of the molecule is CCC(=O)NCCN1C(=O)[C@](C)(CCO)Oc2cc(C(F)(F)F)c(C(=O)N(C(C)C)[C@@H]3CCCN(C(=O)OC(C)Cl)C3)cc21. The van der Waals surface area contributed by atoms with Crippen molar-refractivity contribution in [1.82, 2.24) is 15.1 Å². The van der Waals surface area contributed by atoms with Gasteiger partial charge >= 0.3 is 12.3 Å². The number of halogens is 4. The predicted molar refractivity (Wildman–Crippen MR) is 156 cm³/mol. The number of likely N-dealkylation sites (tertiary alicyclic amines) is 1. The summed E-state index contributed by atoms with van der Waals surface area (Å²) in [7, 11) is 0. The van der Waals surface area contributed by atoms with Gasteiger partial charge in [-0.15, -0.1) is 0 Å². The molecule has 1 aromatic carbocycles. The molecule has 0 aliphatic carbocycles. The second-order valence-corrected chi connectivity index (χ2v) is 11.9. The Morgan fingerprint density at radius 3 is 2.52 bits per heavy atom. The Hall–Kier alpha value is -3.26. The molecule has 3 atom stereocenters. The van der Waals surface area contributed by atoms with Crippen molar-refractivity contribution >= 4 is 41.1 Å². The Labute approximate surface area is 259 Å². The Bertz CT molecular complexity index is 1250. The molecule has 3 rings (SSSR count). The number of anilines is 1. The molecule has 4 amide bonds. The minimum atomic E-state index is -4.97. The van der Waals surface area contributed by atoms with Gasteiger partial charge in [0.25, 0.3) is 11.8 Å². The van der Waals surface area contributed by atoms with Crippen molar-refractivity contribution in [1.29, 1.82) is 0 Å². The van der Waals surface area contributed by atoms with Crippen LogP contribution in [0.2, 0.25) is 0 Å². The molecule has 246 valence electrons. The lowest BCUT2D eigenvalue weighted by atomic mass is 9.94. The number of hydrogen-bond donors (Lipinski definition) is 2. The van der Waals surface area contributed by atoms with Gasteiger partial charge in [-0.3, -0.25) is 14.4 Å². The lowest BCUT2D eigenvalue weighted by molar-refractivity contribution is -0.138. The first kappa shape index (κ1) is 35.2. The van der Waals surface area contributed by atoms with Crippen LogP contribution in [0.3, 0.4) is 0 Å². The van der Waals surface area contributed by atoms with Gasteiger partial charge in [0.05, 0.1) is 22.9 Å². The van der Waals surface area contributed by atoms with Crippen molar-refractivity contribution in [2.45, 2.75) is 89.7 Å². The molecule has 0 saturated carbocycles. The largest absolute Gasteiger partial charge is 0.475 e. The topological polar surface area (TPSA) is 129 Å². The van der Waals surface area contributed by atoms with Crippen LogP contribution in [0.5, 0.6) is 5.75 Å². The number of rotatable bonds is 10. The van der Waals surface area contributed by atoms with Gasteiger partial charge in [0, 0.05) is 51.7 Å². The van der Waals surface area contributed by atoms with E-state index in [9.17, 15) is 37.5 Å². The molecule has 0 aromatic heterocycles. The molecule has 2 N–H and O–H groups in total. The third kappa shape index (κ3) is 7.87. The highest BCUT2D eigenvalue weighted by molar-refractivity contribution is 6.19. The van der Waals surface area contributed by atoms with E-state index in [1.165, 1.54) is 28.5 Å². The van der Waals surface area contributed by atoms with Gasteiger partial charge in [0.15, 0.2) is 11.2 Å². The molecule has 15 heteroatoms. The fourth-order valence-electron chi connectivity index (χ4n) is 5.50. The van der Waals surface area contributed by atoms with Crippen LogP contribution in [-0.4, -0.2) is 94.8 Å². The molecule has 1 saturated heterocycles. The zero-order chi connectivity index (χ0) is 33.0. The van der Waals surface area contributed by atoms with Crippen molar-refractivity contribution in [2.75, 3.05) is 37.7 Å². The number of piperidine rings is 1. The number of amides is 4. The summed E-state index contributed by atoms with van der Waals surface area (Å²) in [6.45, 7) is 7.58. The summed E-state index contributed by atoms with van der Waals surface area (Å²) in [5, 5.41) is 12.2. The van der Waals surface area contributed by atoms with Crippen LogP contribution in [0.1, 0.15) is 76.2 Å². The number of fused-ring (bicyclic) bond motifs is 1. The number of nitrogens with zero attached hydrogens (tertiary/aromatic N) is 3. The summed E-state index contributed by atoms with van der Waals surface area (Å²) >= 11 is 5.79. The predicted octanol–water partition coefficient (Wildman–Crippen LogP) is 4.13. The molecule has 1 fully saturated rings. The molecular weight excluding hydrogens is 609 g/mol. The third-order valence-corrected chi connectivity index (χ3v) is 7.72. The zero-order valence-electron chi connectivity index (χ0n) is 25.5. The fourth-order valence-corrected chi connectivity index (χ4v) is 5.58. The summed E-state index contributed by atoms with van der Waals surface area (Å²) in [6.07, 6.45) is -4.76. The van der Waals surface area contributed by atoms with Crippen molar-refractivity contribution < 1.29 is 46.9 Å². The van der Waals surface area contributed by atoms with Crippen molar-refractivity contribution in [3.63, 3.8) is 0 Å². The number of aliphatic hydroxyl groups excluding tert-OH is 1. The summed E-state index contributed by atoms with van der Waals surface area (Å²) in [4.78, 5) is 55.9. The number of benzene rings is 1. The number of carbonyl (C=O) groups excluding carboxylic acids is 4. The van der Waals surface area contributed by atoms with Crippen LogP contribution >= 0.6 is 11.6 Å². The van der Waals surface area contributed by atoms with Crippen molar-refractivity contribution in [2.24, 2.45) is 0 Å². The molecule has 0 spiro atoms. The van der Waals surface area contributed by atoms with Crippen LogP contribution < -0.4 is 15.0 Å². The first-order valence-corrected chi connectivity index (χ1v) is 15.0. The molecule has 0 bridgehead atoms. The summed E-state index contributed by atoms with van der Waals surface area (Å²) < 4.78 is 54.5. The maximum absolute atomic E-state index is 14.5.